The van der Waals surface area contributed by atoms with Gasteiger partial charge in [-0.1, -0.05) is 18.2 Å². The molecular formula is C14H16O3. The predicted octanol–water partition coefficient (Wildman–Crippen LogP) is 2.91. The summed E-state index contributed by atoms with van der Waals surface area (Å²) in [6.45, 7) is 5.81. The van der Waals surface area contributed by atoms with Gasteiger partial charge < -0.3 is 9.84 Å². The SMILES string of the molecule is C=C(C)Cc1cc(C=CC(=O)O)ccc1OC. The van der Waals surface area contributed by atoms with Crippen LogP contribution in [-0.4, -0.2) is 18.2 Å². The van der Waals surface area contributed by atoms with E-state index in [1.807, 2.05) is 25.1 Å². The van der Waals surface area contributed by atoms with Crippen molar-refractivity contribution in [3.63, 3.8) is 0 Å². The number of ether oxygens (including phenoxy) is 1. The average molecular weight is 232 g/mol. The number of hydrogen-bond acceptors (Lipinski definition) is 2. The molecule has 0 atom stereocenters. The van der Waals surface area contributed by atoms with Crippen LogP contribution in [0.1, 0.15) is 18.1 Å². The lowest BCUT2D eigenvalue weighted by Crippen LogP contribution is -1.94. The molecule has 0 saturated heterocycles. The molecule has 1 rings (SSSR count). The summed E-state index contributed by atoms with van der Waals surface area (Å²) in [6, 6.07) is 5.56. The van der Waals surface area contributed by atoms with E-state index in [1.54, 1.807) is 13.2 Å². The van der Waals surface area contributed by atoms with Gasteiger partial charge in [0.15, 0.2) is 0 Å². The maximum absolute atomic E-state index is 10.4. The van der Waals surface area contributed by atoms with Crippen LogP contribution in [-0.2, 0) is 11.2 Å². The Morgan fingerprint density at radius 3 is 2.76 bits per heavy atom. The van der Waals surface area contributed by atoms with Crippen molar-refractivity contribution in [3.05, 3.63) is 47.6 Å². The summed E-state index contributed by atoms with van der Waals surface area (Å²) in [7, 11) is 1.62. The maximum Gasteiger partial charge on any atom is 0.328 e. The first-order valence-corrected chi connectivity index (χ1v) is 5.25. The second kappa shape index (κ2) is 5.89. The van der Waals surface area contributed by atoms with Gasteiger partial charge in [-0.2, -0.15) is 0 Å². The van der Waals surface area contributed by atoms with Crippen molar-refractivity contribution in [1.82, 2.24) is 0 Å². The van der Waals surface area contributed by atoms with E-state index in [4.69, 9.17) is 9.84 Å². The lowest BCUT2D eigenvalue weighted by atomic mass is 10.0. The molecule has 0 saturated carbocycles. The smallest absolute Gasteiger partial charge is 0.328 e. The van der Waals surface area contributed by atoms with Crippen molar-refractivity contribution in [2.45, 2.75) is 13.3 Å². The van der Waals surface area contributed by atoms with Gasteiger partial charge in [-0.25, -0.2) is 4.79 Å². The molecule has 0 fully saturated rings. The minimum Gasteiger partial charge on any atom is -0.496 e. The zero-order valence-corrected chi connectivity index (χ0v) is 10.1. The summed E-state index contributed by atoms with van der Waals surface area (Å²) < 4.78 is 5.25. The topological polar surface area (TPSA) is 46.5 Å². The summed E-state index contributed by atoms with van der Waals surface area (Å²) in [5, 5.41) is 8.56. The van der Waals surface area contributed by atoms with Crippen molar-refractivity contribution in [1.29, 1.82) is 0 Å². The Hall–Kier alpha value is -2.03. The molecule has 3 nitrogen and oxygen atoms in total. The third-order valence-electron chi connectivity index (χ3n) is 2.22. The second-order valence-corrected chi connectivity index (χ2v) is 3.88. The Labute approximate surface area is 101 Å². The predicted molar refractivity (Wildman–Crippen MR) is 68.2 cm³/mol. The molecule has 3 heteroatoms. The number of carbonyl (C=O) groups is 1. The fraction of sp³-hybridized carbons (Fsp3) is 0.214. The number of allylic oxidation sites excluding steroid dienone is 1. The summed E-state index contributed by atoms with van der Waals surface area (Å²) in [5.74, 6) is -0.164. The number of carboxylic acid groups (broad SMARTS) is 1. The van der Waals surface area contributed by atoms with Crippen LogP contribution >= 0.6 is 0 Å². The van der Waals surface area contributed by atoms with Crippen LogP contribution in [0.5, 0.6) is 5.75 Å². The van der Waals surface area contributed by atoms with Gasteiger partial charge in [0.1, 0.15) is 5.75 Å². The molecule has 0 aromatic heterocycles. The van der Waals surface area contributed by atoms with Crippen LogP contribution in [0.4, 0.5) is 0 Å². The summed E-state index contributed by atoms with van der Waals surface area (Å²) in [4.78, 5) is 10.4. The summed E-state index contributed by atoms with van der Waals surface area (Å²) >= 11 is 0. The van der Waals surface area contributed by atoms with Gasteiger partial charge in [0.2, 0.25) is 0 Å². The van der Waals surface area contributed by atoms with Crippen molar-refractivity contribution in [3.8, 4) is 5.75 Å². The average Bonchev–Trinajstić information content (AvgIpc) is 2.25. The van der Waals surface area contributed by atoms with E-state index in [0.717, 1.165) is 34.9 Å². The van der Waals surface area contributed by atoms with Crippen molar-refractivity contribution >= 4 is 12.0 Å². The molecule has 1 aromatic rings. The lowest BCUT2D eigenvalue weighted by molar-refractivity contribution is -0.131. The molecule has 0 unspecified atom stereocenters. The van der Waals surface area contributed by atoms with Crippen LogP contribution in [0.2, 0.25) is 0 Å². The summed E-state index contributed by atoms with van der Waals surface area (Å²) in [6.07, 6.45) is 3.40. The zero-order valence-electron chi connectivity index (χ0n) is 10.1. The highest BCUT2D eigenvalue weighted by molar-refractivity contribution is 5.85. The van der Waals surface area contributed by atoms with Gasteiger partial charge in [0.05, 0.1) is 7.11 Å². The van der Waals surface area contributed by atoms with Gasteiger partial charge in [-0.3, -0.25) is 0 Å². The Morgan fingerprint density at radius 1 is 1.53 bits per heavy atom. The van der Waals surface area contributed by atoms with E-state index in [1.165, 1.54) is 0 Å². The van der Waals surface area contributed by atoms with Gasteiger partial charge in [-0.15, -0.1) is 0 Å². The quantitative estimate of drug-likeness (QED) is 0.627. The summed E-state index contributed by atoms with van der Waals surface area (Å²) in [5.41, 5.74) is 2.87. The Kier molecular flexibility index (Phi) is 4.52. The molecule has 0 aliphatic rings. The van der Waals surface area contributed by atoms with Gasteiger partial charge in [-0.05, 0) is 42.7 Å². The van der Waals surface area contributed by atoms with Crippen LogP contribution in [0, 0.1) is 0 Å². The van der Waals surface area contributed by atoms with Crippen molar-refractivity contribution in [2.24, 2.45) is 0 Å². The van der Waals surface area contributed by atoms with Gasteiger partial charge in [0, 0.05) is 6.08 Å². The molecule has 0 radical (unpaired) electrons. The van der Waals surface area contributed by atoms with Gasteiger partial charge >= 0.3 is 5.97 Å². The maximum atomic E-state index is 10.4. The van der Waals surface area contributed by atoms with E-state index in [2.05, 4.69) is 6.58 Å². The normalized spacial score (nSPS) is 10.5. The number of benzene rings is 1. The van der Waals surface area contributed by atoms with Crippen LogP contribution in [0.15, 0.2) is 36.4 Å². The molecule has 0 spiro atoms. The van der Waals surface area contributed by atoms with E-state index in [0.29, 0.717) is 0 Å². The number of carboxylic acids is 1. The molecule has 1 N–H and O–H groups in total. The molecule has 0 amide bonds. The lowest BCUT2D eigenvalue weighted by Gasteiger charge is -2.09. The number of rotatable bonds is 5. The Balaban J connectivity index is 3.03. The molecule has 0 aliphatic heterocycles. The second-order valence-electron chi connectivity index (χ2n) is 3.88. The largest absolute Gasteiger partial charge is 0.496 e. The molecule has 0 aliphatic carbocycles. The third kappa shape index (κ3) is 4.15. The standard InChI is InChI=1S/C14H16O3/c1-10(2)8-12-9-11(5-7-14(15)16)4-6-13(12)17-3/h4-7,9H,1,8H2,2-3H3,(H,15,16). The van der Waals surface area contributed by atoms with E-state index >= 15 is 0 Å². The minimum absolute atomic E-state index is 0.720. The third-order valence-corrected chi connectivity index (χ3v) is 2.22. The fourth-order valence-corrected chi connectivity index (χ4v) is 1.53. The molecule has 0 bridgehead atoms. The number of hydrogen-bond donors (Lipinski definition) is 1. The minimum atomic E-state index is -0.956. The highest BCUT2D eigenvalue weighted by Crippen LogP contribution is 2.23. The van der Waals surface area contributed by atoms with E-state index in [-0.39, 0.29) is 0 Å². The first-order chi connectivity index (χ1) is 8.02. The molecule has 0 heterocycles. The molecule has 1 aromatic carbocycles. The number of aliphatic carboxylic acids is 1. The van der Waals surface area contributed by atoms with E-state index < -0.39 is 5.97 Å². The van der Waals surface area contributed by atoms with E-state index in [9.17, 15) is 4.79 Å². The molecule has 90 valence electrons. The van der Waals surface area contributed by atoms with Crippen LogP contribution in [0.3, 0.4) is 0 Å². The monoisotopic (exact) mass is 232 g/mol. The van der Waals surface area contributed by atoms with Crippen LogP contribution < -0.4 is 4.74 Å². The molecule has 17 heavy (non-hydrogen) atoms. The van der Waals surface area contributed by atoms with Crippen molar-refractivity contribution < 1.29 is 14.6 Å². The zero-order chi connectivity index (χ0) is 12.8. The van der Waals surface area contributed by atoms with Crippen molar-refractivity contribution in [2.75, 3.05) is 7.11 Å². The van der Waals surface area contributed by atoms with Crippen LogP contribution in [0.25, 0.3) is 6.08 Å². The highest BCUT2D eigenvalue weighted by atomic mass is 16.5. The first kappa shape index (κ1) is 13.0. The highest BCUT2D eigenvalue weighted by Gasteiger charge is 2.03. The first-order valence-electron chi connectivity index (χ1n) is 5.25. The fourth-order valence-electron chi connectivity index (χ4n) is 1.53. The Morgan fingerprint density at radius 2 is 2.24 bits per heavy atom. The number of methoxy groups -OCH3 is 1. The molecular weight excluding hydrogens is 216 g/mol. The van der Waals surface area contributed by atoms with Gasteiger partial charge in [0.25, 0.3) is 0 Å². The Bertz CT molecular complexity index is 459.